The maximum absolute atomic E-state index is 5.45. The molecule has 0 aromatic carbocycles. The van der Waals surface area contributed by atoms with E-state index in [2.05, 4.69) is 51.7 Å². The second-order valence-electron chi connectivity index (χ2n) is 7.10. The number of aromatic nitrogens is 1. The maximum Gasteiger partial charge on any atom is 0.191 e. The van der Waals surface area contributed by atoms with Crippen LogP contribution in [0.3, 0.4) is 0 Å². The van der Waals surface area contributed by atoms with Gasteiger partial charge < -0.3 is 15.4 Å². The average Bonchev–Trinajstić information content (AvgIpc) is 3.03. The first-order valence-electron chi connectivity index (χ1n) is 9.19. The minimum absolute atomic E-state index is 0. The summed E-state index contributed by atoms with van der Waals surface area (Å²) < 4.78 is 5.45. The molecule has 6 nitrogen and oxygen atoms in total. The Kier molecular flexibility index (Phi) is 11.0. The van der Waals surface area contributed by atoms with Gasteiger partial charge in [-0.3, -0.25) is 9.89 Å². The predicted molar refractivity (Wildman–Crippen MR) is 121 cm³/mol. The summed E-state index contributed by atoms with van der Waals surface area (Å²) in [5, 5.41) is 10.2. The lowest BCUT2D eigenvalue weighted by Crippen LogP contribution is -2.56. The number of halogens is 1. The number of morpholine rings is 1. The molecule has 0 amide bonds. The number of ether oxygens (including phenoxy) is 1. The summed E-state index contributed by atoms with van der Waals surface area (Å²) in [5.74, 6) is 0.881. The van der Waals surface area contributed by atoms with Gasteiger partial charge in [0.25, 0.3) is 0 Å². The van der Waals surface area contributed by atoms with Crippen LogP contribution in [0, 0.1) is 6.92 Å². The highest BCUT2D eigenvalue weighted by Crippen LogP contribution is 2.15. The molecule has 2 heterocycles. The van der Waals surface area contributed by atoms with Gasteiger partial charge in [-0.1, -0.05) is 0 Å². The summed E-state index contributed by atoms with van der Waals surface area (Å²) in [5.41, 5.74) is 1.22. The van der Waals surface area contributed by atoms with Gasteiger partial charge in [-0.25, -0.2) is 4.98 Å². The van der Waals surface area contributed by atoms with Crippen LogP contribution in [0.15, 0.2) is 10.4 Å². The van der Waals surface area contributed by atoms with Gasteiger partial charge in [-0.05, 0) is 40.0 Å². The van der Waals surface area contributed by atoms with Crippen molar-refractivity contribution in [2.75, 3.05) is 46.4 Å². The largest absolute Gasteiger partial charge is 0.379 e. The number of aliphatic imine (C=N–C) groups is 1. The number of hydrogen-bond donors (Lipinski definition) is 2. The van der Waals surface area contributed by atoms with E-state index in [4.69, 9.17) is 4.74 Å². The average molecular weight is 495 g/mol. The van der Waals surface area contributed by atoms with Crippen LogP contribution in [0.5, 0.6) is 0 Å². The van der Waals surface area contributed by atoms with Crippen LogP contribution in [-0.2, 0) is 11.2 Å². The van der Waals surface area contributed by atoms with Crippen LogP contribution in [0.4, 0.5) is 0 Å². The van der Waals surface area contributed by atoms with Gasteiger partial charge in [-0.15, -0.1) is 35.3 Å². The van der Waals surface area contributed by atoms with E-state index >= 15 is 0 Å². The minimum Gasteiger partial charge on any atom is -0.379 e. The van der Waals surface area contributed by atoms with Gasteiger partial charge in [0.05, 0.1) is 18.2 Å². The summed E-state index contributed by atoms with van der Waals surface area (Å²) in [4.78, 5) is 11.3. The lowest BCUT2D eigenvalue weighted by Gasteiger charge is -2.41. The van der Waals surface area contributed by atoms with E-state index < -0.39 is 0 Å². The molecule has 150 valence electrons. The summed E-state index contributed by atoms with van der Waals surface area (Å²) in [6.07, 6.45) is 3.33. The molecule has 1 fully saturated rings. The Morgan fingerprint density at radius 3 is 2.65 bits per heavy atom. The highest BCUT2D eigenvalue weighted by molar-refractivity contribution is 14.0. The molecule has 1 aliphatic rings. The molecule has 0 radical (unpaired) electrons. The molecule has 26 heavy (non-hydrogen) atoms. The molecule has 1 aromatic rings. The van der Waals surface area contributed by atoms with E-state index in [9.17, 15) is 0 Å². The Morgan fingerprint density at radius 2 is 2.04 bits per heavy atom. The molecule has 0 atom stereocenters. The van der Waals surface area contributed by atoms with Gasteiger partial charge >= 0.3 is 0 Å². The zero-order valence-electron chi connectivity index (χ0n) is 16.5. The van der Waals surface area contributed by atoms with Gasteiger partial charge in [0.1, 0.15) is 0 Å². The third kappa shape index (κ3) is 8.06. The molecule has 1 aliphatic heterocycles. The molecule has 0 spiro atoms. The van der Waals surface area contributed by atoms with Gasteiger partial charge in [0.2, 0.25) is 0 Å². The highest BCUT2D eigenvalue weighted by Gasteiger charge is 2.28. The van der Waals surface area contributed by atoms with Crippen LogP contribution in [0.1, 0.15) is 37.4 Å². The topological polar surface area (TPSA) is 61.8 Å². The Morgan fingerprint density at radius 1 is 1.31 bits per heavy atom. The lowest BCUT2D eigenvalue weighted by atomic mass is 10.0. The fourth-order valence-corrected chi connectivity index (χ4v) is 3.74. The fraction of sp³-hybridized carbons (Fsp3) is 0.778. The number of unbranched alkanes of at least 4 members (excludes halogenated alkanes) is 1. The molecule has 8 heteroatoms. The van der Waals surface area contributed by atoms with Crippen molar-refractivity contribution >= 4 is 41.3 Å². The molecule has 1 aromatic heterocycles. The lowest BCUT2D eigenvalue weighted by molar-refractivity contribution is -0.00833. The third-order valence-corrected chi connectivity index (χ3v) is 5.58. The number of guanidine groups is 1. The van der Waals surface area contributed by atoms with E-state index in [1.54, 1.807) is 11.3 Å². The molecule has 0 unspecified atom stereocenters. The summed E-state index contributed by atoms with van der Waals surface area (Å²) >= 11 is 1.76. The minimum atomic E-state index is 0. The number of nitrogens with one attached hydrogen (secondary N) is 2. The van der Waals surface area contributed by atoms with Crippen LogP contribution in [-0.4, -0.2) is 67.8 Å². The smallest absolute Gasteiger partial charge is 0.191 e. The standard InChI is InChI=1S/C18H33N5OS.HI/c1-15-13-25-16(22-15)7-5-6-8-20-17(19-4)21-14-18(2,3)23-9-11-24-12-10-23;/h13H,5-12,14H2,1-4H3,(H2,19,20,21);1H. The van der Waals surface area contributed by atoms with E-state index in [0.717, 1.165) is 70.3 Å². The van der Waals surface area contributed by atoms with E-state index in [1.807, 2.05) is 7.05 Å². The monoisotopic (exact) mass is 495 g/mol. The first-order valence-corrected chi connectivity index (χ1v) is 10.1. The quantitative estimate of drug-likeness (QED) is 0.251. The van der Waals surface area contributed by atoms with Crippen molar-refractivity contribution in [3.8, 4) is 0 Å². The van der Waals surface area contributed by atoms with Crippen LogP contribution < -0.4 is 10.6 Å². The molecular weight excluding hydrogens is 461 g/mol. The van der Waals surface area contributed by atoms with Crippen molar-refractivity contribution < 1.29 is 4.74 Å². The number of aryl methyl sites for hydroxylation is 2. The Labute approximate surface area is 179 Å². The Hall–Kier alpha value is -0.450. The van der Waals surface area contributed by atoms with Crippen molar-refractivity contribution in [1.82, 2.24) is 20.5 Å². The van der Waals surface area contributed by atoms with E-state index in [1.165, 1.54) is 5.01 Å². The zero-order valence-corrected chi connectivity index (χ0v) is 19.7. The Balaban J connectivity index is 0.00000338. The van der Waals surface area contributed by atoms with Crippen molar-refractivity contribution in [3.63, 3.8) is 0 Å². The molecule has 1 saturated heterocycles. The third-order valence-electron chi connectivity index (χ3n) is 4.56. The normalized spacial score (nSPS) is 16.2. The second kappa shape index (κ2) is 12.1. The van der Waals surface area contributed by atoms with Gasteiger partial charge in [-0.2, -0.15) is 0 Å². The first kappa shape index (κ1) is 23.6. The molecule has 0 aliphatic carbocycles. The predicted octanol–water partition coefficient (Wildman–Crippen LogP) is 2.67. The molecule has 2 rings (SSSR count). The maximum atomic E-state index is 5.45. The highest BCUT2D eigenvalue weighted by atomic mass is 127. The van der Waals surface area contributed by atoms with Crippen molar-refractivity contribution in [1.29, 1.82) is 0 Å². The summed E-state index contributed by atoms with van der Waals surface area (Å²) in [7, 11) is 1.83. The van der Waals surface area contributed by atoms with Gasteiger partial charge in [0, 0.05) is 49.8 Å². The molecular formula is C18H34IN5OS. The molecule has 0 bridgehead atoms. The van der Waals surface area contributed by atoms with Crippen LogP contribution in [0.25, 0.3) is 0 Å². The summed E-state index contributed by atoms with van der Waals surface area (Å²) in [6.45, 7) is 12.0. The fourth-order valence-electron chi connectivity index (χ4n) is 2.93. The number of hydrogen-bond acceptors (Lipinski definition) is 5. The second-order valence-corrected chi connectivity index (χ2v) is 8.05. The number of nitrogens with zero attached hydrogens (tertiary/aromatic N) is 3. The molecule has 0 saturated carbocycles. The van der Waals surface area contributed by atoms with Crippen LogP contribution in [0.2, 0.25) is 0 Å². The van der Waals surface area contributed by atoms with Gasteiger partial charge in [0.15, 0.2) is 5.96 Å². The molecule has 2 N–H and O–H groups in total. The van der Waals surface area contributed by atoms with E-state index in [0.29, 0.717) is 0 Å². The number of rotatable bonds is 8. The van der Waals surface area contributed by atoms with Crippen molar-refractivity contribution in [2.24, 2.45) is 4.99 Å². The van der Waals surface area contributed by atoms with Crippen molar-refractivity contribution in [2.45, 2.75) is 45.6 Å². The number of thiazole rings is 1. The van der Waals surface area contributed by atoms with Crippen molar-refractivity contribution in [3.05, 3.63) is 16.1 Å². The summed E-state index contributed by atoms with van der Waals surface area (Å²) in [6, 6.07) is 0. The SMILES string of the molecule is CN=C(NCCCCc1nc(C)cs1)NCC(C)(C)N1CCOCC1.I. The zero-order chi connectivity index (χ0) is 18.1. The Bertz CT molecular complexity index is 543. The first-order chi connectivity index (χ1) is 12.0. The van der Waals surface area contributed by atoms with Crippen LogP contribution >= 0.6 is 35.3 Å². The van der Waals surface area contributed by atoms with E-state index in [-0.39, 0.29) is 29.5 Å².